The molecule has 0 aliphatic carbocycles. The van der Waals surface area contributed by atoms with Gasteiger partial charge in [0.05, 0.1) is 6.61 Å². The Morgan fingerprint density at radius 3 is 2.72 bits per heavy atom. The first-order valence-corrected chi connectivity index (χ1v) is 10.3. The number of aliphatic carboxylic acids is 1. The van der Waals surface area contributed by atoms with Gasteiger partial charge in [0.1, 0.15) is 0 Å². The minimum absolute atomic E-state index is 0.0497. The number of carboxylic acids is 1. The average Bonchev–Trinajstić information content (AvgIpc) is 2.86. The van der Waals surface area contributed by atoms with Crippen LogP contribution >= 0.6 is 11.6 Å². The Kier molecular flexibility index (Phi) is 7.69. The summed E-state index contributed by atoms with van der Waals surface area (Å²) in [6, 6.07) is 12.3. The maximum Gasteiger partial charge on any atom is 0.328 e. The molecule has 29 heavy (non-hydrogen) atoms. The minimum Gasteiger partial charge on any atom is -0.478 e. The van der Waals surface area contributed by atoms with Gasteiger partial charge in [0, 0.05) is 35.6 Å². The highest BCUT2D eigenvalue weighted by Gasteiger charge is 2.21. The SMILES string of the molecule is O=C(O)C=CCNCCCCN1c2ccc(CO)cc2CCc2ccc(Cl)cc21. The first-order chi connectivity index (χ1) is 14.1. The second kappa shape index (κ2) is 10.4. The van der Waals surface area contributed by atoms with Crippen molar-refractivity contribution in [3.8, 4) is 0 Å². The molecular weight excluding hydrogens is 388 g/mol. The number of unbranched alkanes of at least 4 members (excludes halogenated alkanes) is 1. The van der Waals surface area contributed by atoms with Gasteiger partial charge in [-0.3, -0.25) is 0 Å². The Morgan fingerprint density at radius 1 is 1.10 bits per heavy atom. The number of nitrogens with one attached hydrogen (secondary N) is 1. The fourth-order valence-corrected chi connectivity index (χ4v) is 3.87. The molecule has 2 aromatic carbocycles. The summed E-state index contributed by atoms with van der Waals surface area (Å²) in [4.78, 5) is 12.8. The third-order valence-electron chi connectivity index (χ3n) is 5.13. The molecule has 0 unspecified atom stereocenters. The van der Waals surface area contributed by atoms with E-state index in [1.807, 2.05) is 18.2 Å². The number of anilines is 2. The van der Waals surface area contributed by atoms with Crippen LogP contribution in [0.25, 0.3) is 0 Å². The quantitative estimate of drug-likeness (QED) is 0.426. The molecule has 3 rings (SSSR count). The smallest absolute Gasteiger partial charge is 0.328 e. The number of benzene rings is 2. The molecule has 0 bridgehead atoms. The van der Waals surface area contributed by atoms with Crippen LogP contribution in [0, 0.1) is 0 Å². The van der Waals surface area contributed by atoms with Gasteiger partial charge in [-0.25, -0.2) is 4.79 Å². The average molecular weight is 415 g/mol. The number of hydrogen-bond acceptors (Lipinski definition) is 4. The molecule has 0 saturated carbocycles. The Hall–Kier alpha value is -2.34. The number of fused-ring (bicyclic) bond motifs is 2. The van der Waals surface area contributed by atoms with Crippen LogP contribution in [0.5, 0.6) is 0 Å². The normalized spacial score (nSPS) is 13.2. The molecule has 1 aliphatic heterocycles. The third kappa shape index (κ3) is 5.82. The number of carbonyl (C=O) groups is 1. The molecule has 0 fully saturated rings. The summed E-state index contributed by atoms with van der Waals surface area (Å²) in [6.45, 7) is 2.30. The summed E-state index contributed by atoms with van der Waals surface area (Å²) in [7, 11) is 0. The topological polar surface area (TPSA) is 72.8 Å². The number of halogens is 1. The van der Waals surface area contributed by atoms with Crippen molar-refractivity contribution in [3.63, 3.8) is 0 Å². The predicted octanol–water partition coefficient (Wildman–Crippen LogP) is 4.08. The van der Waals surface area contributed by atoms with Gasteiger partial charge in [-0.15, -0.1) is 0 Å². The van der Waals surface area contributed by atoms with Crippen molar-refractivity contribution < 1.29 is 15.0 Å². The van der Waals surface area contributed by atoms with Crippen molar-refractivity contribution >= 4 is 28.9 Å². The number of aliphatic hydroxyl groups is 1. The second-order valence-electron chi connectivity index (χ2n) is 7.20. The van der Waals surface area contributed by atoms with Crippen LogP contribution in [-0.2, 0) is 24.2 Å². The summed E-state index contributed by atoms with van der Waals surface area (Å²) in [6.07, 6.45) is 6.63. The Labute approximate surface area is 176 Å². The van der Waals surface area contributed by atoms with Crippen LogP contribution in [0.1, 0.15) is 29.5 Å². The fourth-order valence-electron chi connectivity index (χ4n) is 3.71. The van der Waals surface area contributed by atoms with Gasteiger partial charge in [0.2, 0.25) is 0 Å². The zero-order chi connectivity index (χ0) is 20.6. The van der Waals surface area contributed by atoms with Gasteiger partial charge in [-0.2, -0.15) is 0 Å². The van der Waals surface area contributed by atoms with E-state index in [1.54, 1.807) is 6.08 Å². The molecule has 0 amide bonds. The predicted molar refractivity (Wildman–Crippen MR) is 117 cm³/mol. The molecule has 2 aromatic rings. The number of nitrogens with zero attached hydrogens (tertiary/aromatic N) is 1. The Morgan fingerprint density at radius 2 is 1.93 bits per heavy atom. The summed E-state index contributed by atoms with van der Waals surface area (Å²) in [5.41, 5.74) is 5.81. The summed E-state index contributed by atoms with van der Waals surface area (Å²) < 4.78 is 0. The number of aryl methyl sites for hydroxylation is 2. The van der Waals surface area contributed by atoms with E-state index in [4.69, 9.17) is 16.7 Å². The van der Waals surface area contributed by atoms with Crippen molar-refractivity contribution in [1.29, 1.82) is 0 Å². The lowest BCUT2D eigenvalue weighted by molar-refractivity contribution is -0.131. The largest absolute Gasteiger partial charge is 0.478 e. The van der Waals surface area contributed by atoms with E-state index in [0.29, 0.717) is 6.54 Å². The number of hydrogen-bond donors (Lipinski definition) is 3. The van der Waals surface area contributed by atoms with Gasteiger partial charge in [-0.1, -0.05) is 35.9 Å². The van der Waals surface area contributed by atoms with Crippen molar-refractivity contribution in [3.05, 3.63) is 70.3 Å². The first kappa shape index (κ1) is 21.4. The van der Waals surface area contributed by atoms with E-state index in [1.165, 1.54) is 16.8 Å². The van der Waals surface area contributed by atoms with E-state index >= 15 is 0 Å². The van der Waals surface area contributed by atoms with Crippen molar-refractivity contribution in [2.75, 3.05) is 24.5 Å². The van der Waals surface area contributed by atoms with Crippen LogP contribution in [0.15, 0.2) is 48.6 Å². The van der Waals surface area contributed by atoms with Gasteiger partial charge < -0.3 is 20.4 Å². The van der Waals surface area contributed by atoms with Gasteiger partial charge >= 0.3 is 5.97 Å². The van der Waals surface area contributed by atoms with E-state index < -0.39 is 5.97 Å². The number of aliphatic hydroxyl groups excluding tert-OH is 1. The zero-order valence-corrected chi connectivity index (χ0v) is 17.2. The standard InChI is InChI=1S/C23H27ClN2O3/c24-20-9-8-18-6-7-19-14-17(16-27)5-10-21(19)26(22(18)15-20)13-2-1-11-25-12-3-4-23(28)29/h3-5,8-10,14-15,25,27H,1-2,6-7,11-13,16H2,(H,28,29). The molecule has 0 radical (unpaired) electrons. The van der Waals surface area contributed by atoms with Gasteiger partial charge in [-0.05, 0) is 67.1 Å². The monoisotopic (exact) mass is 414 g/mol. The summed E-state index contributed by atoms with van der Waals surface area (Å²) in [5.74, 6) is -0.923. The maximum absolute atomic E-state index is 10.5. The fraction of sp³-hybridized carbons (Fsp3) is 0.348. The highest BCUT2D eigenvalue weighted by molar-refractivity contribution is 6.30. The zero-order valence-electron chi connectivity index (χ0n) is 16.4. The van der Waals surface area contributed by atoms with Gasteiger partial charge in [0.25, 0.3) is 0 Å². The van der Waals surface area contributed by atoms with E-state index in [2.05, 4.69) is 28.4 Å². The molecule has 154 valence electrons. The lowest BCUT2D eigenvalue weighted by atomic mass is 10.0. The van der Waals surface area contributed by atoms with Gasteiger partial charge in [0.15, 0.2) is 0 Å². The maximum atomic E-state index is 10.5. The molecule has 1 aliphatic rings. The summed E-state index contributed by atoms with van der Waals surface area (Å²) >= 11 is 6.31. The van der Waals surface area contributed by atoms with E-state index in [9.17, 15) is 9.90 Å². The third-order valence-corrected chi connectivity index (χ3v) is 5.36. The lowest BCUT2D eigenvalue weighted by Crippen LogP contribution is -2.22. The highest BCUT2D eigenvalue weighted by Crippen LogP contribution is 2.38. The van der Waals surface area contributed by atoms with E-state index in [0.717, 1.165) is 61.1 Å². The molecule has 3 N–H and O–H groups in total. The molecule has 0 spiro atoms. The van der Waals surface area contributed by atoms with Crippen molar-refractivity contribution in [1.82, 2.24) is 5.32 Å². The highest BCUT2D eigenvalue weighted by atomic mass is 35.5. The van der Waals surface area contributed by atoms with Crippen LogP contribution in [0.3, 0.4) is 0 Å². The molecule has 6 heteroatoms. The van der Waals surface area contributed by atoms with Crippen molar-refractivity contribution in [2.24, 2.45) is 0 Å². The Balaban J connectivity index is 1.69. The molecule has 0 saturated heterocycles. The van der Waals surface area contributed by atoms with Crippen LogP contribution in [-0.4, -0.2) is 35.8 Å². The molecule has 5 nitrogen and oxygen atoms in total. The first-order valence-electron chi connectivity index (χ1n) is 9.97. The molecule has 0 atom stereocenters. The van der Waals surface area contributed by atoms with Crippen LogP contribution in [0.4, 0.5) is 11.4 Å². The van der Waals surface area contributed by atoms with E-state index in [-0.39, 0.29) is 6.61 Å². The van der Waals surface area contributed by atoms with Crippen molar-refractivity contribution in [2.45, 2.75) is 32.3 Å². The molecule has 0 aromatic heterocycles. The lowest BCUT2D eigenvalue weighted by Gasteiger charge is -2.27. The summed E-state index contributed by atoms with van der Waals surface area (Å²) in [5, 5.41) is 22.1. The van der Waals surface area contributed by atoms with Crippen LogP contribution < -0.4 is 10.2 Å². The second-order valence-corrected chi connectivity index (χ2v) is 7.63. The molecular formula is C23H27ClN2O3. The Bertz CT molecular complexity index is 882. The minimum atomic E-state index is -0.923. The number of rotatable bonds is 9. The molecule has 1 heterocycles. The number of carboxylic acid groups (broad SMARTS) is 1. The van der Waals surface area contributed by atoms with Crippen LogP contribution in [0.2, 0.25) is 5.02 Å².